The lowest BCUT2D eigenvalue weighted by Gasteiger charge is -2.53. The number of benzene rings is 2. The van der Waals surface area contributed by atoms with E-state index in [-0.39, 0.29) is 5.41 Å². The van der Waals surface area contributed by atoms with Crippen molar-refractivity contribution in [1.29, 1.82) is 0 Å². The summed E-state index contributed by atoms with van der Waals surface area (Å²) in [6, 6.07) is 30.1. The number of rotatable bonds is 12. The average molecular weight is 753 g/mol. The van der Waals surface area contributed by atoms with E-state index in [4.69, 9.17) is 0 Å². The van der Waals surface area contributed by atoms with E-state index in [1.54, 1.807) is 21.5 Å². The Bertz CT molecular complexity index is 1340. The van der Waals surface area contributed by atoms with Gasteiger partial charge in [0.2, 0.25) is 0 Å². The van der Waals surface area contributed by atoms with Gasteiger partial charge in [-0.15, -0.1) is 0 Å². The molecule has 6 rings (SSSR count). The van der Waals surface area contributed by atoms with Crippen LogP contribution in [0.4, 0.5) is 0 Å². The minimum absolute atomic E-state index is 0.0964. The maximum Gasteiger partial charge on any atom is 0.0859 e. The number of hydrogen-bond acceptors (Lipinski definition) is 0. The van der Waals surface area contributed by atoms with Crippen molar-refractivity contribution in [1.82, 2.24) is 0 Å². The second kappa shape index (κ2) is 16.0. The van der Waals surface area contributed by atoms with Gasteiger partial charge >= 0.3 is 0 Å². The molecule has 0 nitrogen and oxygen atoms in total. The zero-order valence-electron chi connectivity index (χ0n) is 37.1. The van der Waals surface area contributed by atoms with Crippen LogP contribution in [0.2, 0.25) is 36.3 Å². The maximum absolute atomic E-state index is 2.77. The Morgan fingerprint density at radius 3 is 1.08 bits per heavy atom. The first-order valence-electron chi connectivity index (χ1n) is 23.4. The minimum atomic E-state index is -1.47. The fraction of sp³-hybridized carbons (Fsp3) is 0.765. The molecule has 0 amide bonds. The minimum Gasteiger partial charge on any atom is -0.0675 e. The molecule has 4 aliphatic rings. The van der Waals surface area contributed by atoms with Crippen LogP contribution >= 0.6 is 0 Å². The third-order valence-corrected chi connectivity index (χ3v) is 29.6. The number of fused-ring (bicyclic) bond motifs is 3. The Morgan fingerprint density at radius 2 is 0.774 bits per heavy atom. The molecule has 0 bridgehead atoms. The highest BCUT2D eigenvalue weighted by Crippen LogP contribution is 2.69. The van der Waals surface area contributed by atoms with Gasteiger partial charge in [-0.25, -0.2) is 0 Å². The first kappa shape index (κ1) is 41.5. The molecule has 2 aromatic rings. The van der Waals surface area contributed by atoms with Crippen LogP contribution in [0.1, 0.15) is 158 Å². The van der Waals surface area contributed by atoms with Crippen molar-refractivity contribution in [3.8, 4) is 0 Å². The van der Waals surface area contributed by atoms with Crippen LogP contribution < -0.4 is 10.4 Å². The smallest absolute Gasteiger partial charge is 0.0675 e. The lowest BCUT2D eigenvalue weighted by atomic mass is 9.50. The Labute approximate surface area is 331 Å². The summed E-state index contributed by atoms with van der Waals surface area (Å²) in [6.45, 7) is 30.4. The van der Waals surface area contributed by atoms with Crippen LogP contribution in [0.25, 0.3) is 0 Å². The van der Waals surface area contributed by atoms with Crippen molar-refractivity contribution in [3.05, 3.63) is 59.7 Å². The molecule has 2 heteroatoms. The maximum atomic E-state index is 2.77. The Kier molecular flexibility index (Phi) is 12.5. The molecule has 296 valence electrons. The molecule has 4 fully saturated rings. The van der Waals surface area contributed by atoms with Crippen molar-refractivity contribution < 1.29 is 0 Å². The molecule has 2 aromatic carbocycles. The second-order valence-electron chi connectivity index (χ2n) is 21.6. The monoisotopic (exact) mass is 753 g/mol. The fourth-order valence-corrected chi connectivity index (χ4v) is 21.7. The number of hydrogen-bond donors (Lipinski definition) is 0. The molecule has 0 saturated heterocycles. The Balaban J connectivity index is 1.63. The van der Waals surface area contributed by atoms with Gasteiger partial charge in [-0.3, -0.25) is 0 Å². The summed E-state index contributed by atoms with van der Waals surface area (Å²) >= 11 is 0. The van der Waals surface area contributed by atoms with Crippen molar-refractivity contribution in [2.45, 2.75) is 189 Å². The first-order valence-corrected chi connectivity index (χ1v) is 28.7. The van der Waals surface area contributed by atoms with Gasteiger partial charge in [-0.1, -0.05) is 191 Å². The summed E-state index contributed by atoms with van der Waals surface area (Å²) in [5.41, 5.74) is 4.31. The van der Waals surface area contributed by atoms with E-state index in [1.807, 2.05) is 0 Å². The highest BCUT2D eigenvalue weighted by molar-refractivity contribution is 6.92. The quantitative estimate of drug-likeness (QED) is 0.189. The summed E-state index contributed by atoms with van der Waals surface area (Å²) in [5.74, 6) is 6.68. The van der Waals surface area contributed by atoms with Crippen LogP contribution in [-0.4, -0.2) is 16.1 Å². The van der Waals surface area contributed by atoms with Crippen molar-refractivity contribution in [2.24, 2.45) is 58.2 Å². The molecule has 0 heterocycles. The van der Waals surface area contributed by atoms with Crippen LogP contribution in [0.15, 0.2) is 48.5 Å². The zero-order valence-corrected chi connectivity index (χ0v) is 39.1. The summed E-state index contributed by atoms with van der Waals surface area (Å²) in [7, 11) is -2.94. The van der Waals surface area contributed by atoms with E-state index in [1.165, 1.54) is 100 Å². The van der Waals surface area contributed by atoms with Gasteiger partial charge < -0.3 is 0 Å². The van der Waals surface area contributed by atoms with Gasteiger partial charge in [0, 0.05) is 5.41 Å². The predicted molar refractivity (Wildman–Crippen MR) is 240 cm³/mol. The van der Waals surface area contributed by atoms with Gasteiger partial charge in [0.15, 0.2) is 0 Å². The van der Waals surface area contributed by atoms with E-state index in [9.17, 15) is 0 Å². The lowest BCUT2D eigenvalue weighted by Crippen LogP contribution is -2.51. The predicted octanol–water partition coefficient (Wildman–Crippen LogP) is 14.4. The summed E-state index contributed by atoms with van der Waals surface area (Å²) < 4.78 is 0. The molecule has 0 N–H and O–H groups in total. The lowest BCUT2D eigenvalue weighted by molar-refractivity contribution is 0.0428. The molecule has 7 atom stereocenters. The topological polar surface area (TPSA) is 0 Å². The third kappa shape index (κ3) is 7.20. The van der Waals surface area contributed by atoms with Crippen molar-refractivity contribution in [2.75, 3.05) is 0 Å². The molecule has 4 saturated carbocycles. The largest absolute Gasteiger partial charge is 0.0859 e. The molecule has 4 aliphatic carbocycles. The van der Waals surface area contributed by atoms with Gasteiger partial charge in [-0.05, 0) is 121 Å². The van der Waals surface area contributed by atoms with Gasteiger partial charge in [0.25, 0.3) is 0 Å². The molecule has 0 aliphatic heterocycles. The highest BCUT2D eigenvalue weighted by Gasteiger charge is 2.63. The first-order chi connectivity index (χ1) is 25.2. The normalized spacial score (nSPS) is 28.9. The molecular weight excluding hydrogens is 669 g/mol. The molecule has 6 unspecified atom stereocenters. The Hall–Kier alpha value is -1.13. The summed E-state index contributed by atoms with van der Waals surface area (Å²) in [5, 5.41) is 3.46. The fourth-order valence-electron chi connectivity index (χ4n) is 14.5. The average Bonchev–Trinajstić information content (AvgIpc) is 3.82. The standard InChI is InChI=1S/C51H84Si2/c1-13-52(14-2,15-3)42-29-23-38(24-30-42)51(37-21-19-20-22-37,39-25-31-43(32-26-39)53(16-4,17-5)18-6)48-46-35-40(49(7,8)9)27-33-44(46)45-34-28-41(36-47(45)48)50(10,11)12/h23-26,29-32,37,40-41,44-48H,13-22,27-28,33-36H2,1-12H3/t40?,41?,44-,45?,46?,47?,48?/m0/s1. The Morgan fingerprint density at radius 1 is 0.434 bits per heavy atom. The van der Waals surface area contributed by atoms with Gasteiger partial charge in [-0.2, -0.15) is 0 Å². The summed E-state index contributed by atoms with van der Waals surface area (Å²) in [4.78, 5) is 0. The van der Waals surface area contributed by atoms with E-state index in [0.29, 0.717) is 10.8 Å². The van der Waals surface area contributed by atoms with E-state index in [2.05, 4.69) is 132 Å². The van der Waals surface area contributed by atoms with Crippen molar-refractivity contribution >= 4 is 26.5 Å². The third-order valence-electron chi connectivity index (χ3n) is 18.4. The SMILES string of the molecule is CC[Si](CC)(CC)c1ccc(C(c2ccc([Si](CC)(CC)CC)cc2)(C2CCCC2)C2C3CC(C(C)(C)C)CCC3[C@@H]3CCC(C(C)(C)C)CC23)cc1. The van der Waals surface area contributed by atoms with Crippen LogP contribution in [0.3, 0.4) is 0 Å². The van der Waals surface area contributed by atoms with Gasteiger partial charge in [0.05, 0.1) is 16.1 Å². The van der Waals surface area contributed by atoms with E-state index >= 15 is 0 Å². The van der Waals surface area contributed by atoms with Gasteiger partial charge in [0.1, 0.15) is 0 Å². The molecule has 53 heavy (non-hydrogen) atoms. The summed E-state index contributed by atoms with van der Waals surface area (Å²) in [6.07, 6.45) is 14.5. The zero-order chi connectivity index (χ0) is 38.4. The van der Waals surface area contributed by atoms with Crippen molar-refractivity contribution in [3.63, 3.8) is 0 Å². The molecule has 0 aromatic heterocycles. The molecule has 0 spiro atoms. The highest BCUT2D eigenvalue weighted by atomic mass is 28.3. The van der Waals surface area contributed by atoms with E-state index in [0.717, 1.165) is 47.3 Å². The van der Waals surface area contributed by atoms with Crippen LogP contribution in [0, 0.1) is 58.2 Å². The molecular formula is C51H84Si2. The van der Waals surface area contributed by atoms with Crippen LogP contribution in [-0.2, 0) is 5.41 Å². The van der Waals surface area contributed by atoms with E-state index < -0.39 is 16.1 Å². The molecule has 0 radical (unpaired) electrons. The second-order valence-corrected chi connectivity index (χ2v) is 32.1. The van der Waals surface area contributed by atoms with Crippen LogP contribution in [0.5, 0.6) is 0 Å².